The molecule has 0 aliphatic rings. The lowest BCUT2D eigenvalue weighted by Gasteiger charge is -2.06. The Balaban J connectivity index is 1.68. The summed E-state index contributed by atoms with van der Waals surface area (Å²) in [5.74, 6) is -0.480. The van der Waals surface area contributed by atoms with Gasteiger partial charge in [-0.15, -0.1) is 22.7 Å². The fourth-order valence-electron chi connectivity index (χ4n) is 2.51. The summed E-state index contributed by atoms with van der Waals surface area (Å²) >= 11 is 2.71. The smallest absolute Gasteiger partial charge is 0.339 e. The summed E-state index contributed by atoms with van der Waals surface area (Å²) in [5.41, 5.74) is 1.81. The number of aryl methyl sites for hydroxylation is 1. The fraction of sp³-hybridized carbons (Fsp3) is 0.158. The Morgan fingerprint density at radius 1 is 1.15 bits per heavy atom. The number of carbonyl (C=O) groups is 2. The number of benzene rings is 1. The lowest BCUT2D eigenvalue weighted by Crippen LogP contribution is -2.13. The van der Waals surface area contributed by atoms with Crippen molar-refractivity contribution in [2.45, 2.75) is 12.8 Å². The van der Waals surface area contributed by atoms with Crippen LogP contribution in [0.3, 0.4) is 0 Å². The van der Waals surface area contributed by atoms with E-state index in [0.717, 1.165) is 16.2 Å². The molecular weight excluding hydrogens is 370 g/mol. The van der Waals surface area contributed by atoms with E-state index in [-0.39, 0.29) is 17.9 Å². The van der Waals surface area contributed by atoms with Crippen LogP contribution in [-0.2, 0) is 11.2 Å². The Labute approximate surface area is 158 Å². The highest BCUT2D eigenvalue weighted by atomic mass is 32.1. The van der Waals surface area contributed by atoms with Gasteiger partial charge >= 0.3 is 5.97 Å². The Morgan fingerprint density at radius 3 is 2.54 bits per heavy atom. The third-order valence-corrected chi connectivity index (χ3v) is 5.64. The highest BCUT2D eigenvalue weighted by Gasteiger charge is 2.21. The molecule has 3 rings (SSSR count). The summed E-state index contributed by atoms with van der Waals surface area (Å²) in [4.78, 5) is 24.8. The molecule has 0 spiro atoms. The summed E-state index contributed by atoms with van der Waals surface area (Å²) in [6, 6.07) is 11.3. The van der Waals surface area contributed by atoms with Gasteiger partial charge in [-0.3, -0.25) is 4.79 Å². The maximum Gasteiger partial charge on any atom is 0.339 e. The molecule has 7 heteroatoms. The van der Waals surface area contributed by atoms with E-state index in [0.29, 0.717) is 17.0 Å². The molecule has 0 bridgehead atoms. The van der Waals surface area contributed by atoms with E-state index >= 15 is 0 Å². The minimum Gasteiger partial charge on any atom is -0.497 e. The van der Waals surface area contributed by atoms with Crippen LogP contribution in [0.1, 0.15) is 22.3 Å². The minimum atomic E-state index is -1.04. The molecule has 2 N–H and O–H groups in total. The zero-order valence-corrected chi connectivity index (χ0v) is 15.7. The van der Waals surface area contributed by atoms with Crippen LogP contribution in [-0.4, -0.2) is 24.1 Å². The molecular formula is C19H17NO4S2. The first-order valence-electron chi connectivity index (χ1n) is 7.90. The maximum atomic E-state index is 12.3. The number of methoxy groups -OCH3 is 1. The Hall–Kier alpha value is -2.64. The average molecular weight is 387 g/mol. The molecule has 26 heavy (non-hydrogen) atoms. The quantitative estimate of drug-likeness (QED) is 0.613. The average Bonchev–Trinajstić information content (AvgIpc) is 3.29. The maximum absolute atomic E-state index is 12.3. The number of rotatable bonds is 7. The first-order chi connectivity index (χ1) is 12.6. The van der Waals surface area contributed by atoms with Crippen molar-refractivity contribution in [3.05, 3.63) is 58.3 Å². The second-order valence-corrected chi connectivity index (χ2v) is 7.36. The molecule has 3 aromatic rings. The predicted octanol–water partition coefficient (Wildman–Crippen LogP) is 4.75. The van der Waals surface area contributed by atoms with Gasteiger partial charge in [0.1, 0.15) is 16.3 Å². The molecule has 0 radical (unpaired) electrons. The van der Waals surface area contributed by atoms with E-state index in [1.165, 1.54) is 22.7 Å². The Bertz CT molecular complexity index is 898. The first kappa shape index (κ1) is 18.2. The van der Waals surface area contributed by atoms with E-state index in [2.05, 4.69) is 5.32 Å². The number of anilines is 1. The van der Waals surface area contributed by atoms with Gasteiger partial charge in [0.15, 0.2) is 0 Å². The van der Waals surface area contributed by atoms with E-state index in [4.69, 9.17) is 4.74 Å². The van der Waals surface area contributed by atoms with Gasteiger partial charge in [-0.05, 0) is 35.6 Å². The van der Waals surface area contributed by atoms with Crippen LogP contribution in [0.15, 0.2) is 47.2 Å². The number of carboxylic acids is 1. The van der Waals surface area contributed by atoms with Crippen molar-refractivity contribution in [3.63, 3.8) is 0 Å². The zero-order chi connectivity index (χ0) is 18.5. The number of ether oxygens (including phenoxy) is 1. The van der Waals surface area contributed by atoms with Crippen molar-refractivity contribution in [1.29, 1.82) is 0 Å². The number of hydrogen-bond acceptors (Lipinski definition) is 5. The van der Waals surface area contributed by atoms with Gasteiger partial charge in [0, 0.05) is 22.2 Å². The summed E-state index contributed by atoms with van der Waals surface area (Å²) < 4.78 is 5.11. The number of aromatic carboxylic acids is 1. The van der Waals surface area contributed by atoms with Crippen LogP contribution in [0.4, 0.5) is 5.00 Å². The zero-order valence-electron chi connectivity index (χ0n) is 14.0. The van der Waals surface area contributed by atoms with Crippen LogP contribution < -0.4 is 10.1 Å². The number of nitrogens with one attached hydrogen (secondary N) is 1. The van der Waals surface area contributed by atoms with Gasteiger partial charge in [-0.2, -0.15) is 0 Å². The Morgan fingerprint density at radius 2 is 1.92 bits per heavy atom. The van der Waals surface area contributed by atoms with Crippen molar-refractivity contribution in [1.82, 2.24) is 0 Å². The van der Waals surface area contributed by atoms with Gasteiger partial charge < -0.3 is 15.2 Å². The van der Waals surface area contributed by atoms with Crippen LogP contribution in [0, 0.1) is 0 Å². The second-order valence-electron chi connectivity index (χ2n) is 5.53. The number of hydrogen-bond donors (Lipinski definition) is 2. The van der Waals surface area contributed by atoms with Gasteiger partial charge in [0.05, 0.1) is 7.11 Å². The van der Waals surface area contributed by atoms with Crippen LogP contribution >= 0.6 is 22.7 Å². The van der Waals surface area contributed by atoms with Crippen molar-refractivity contribution >= 4 is 39.6 Å². The number of amides is 1. The molecule has 2 heterocycles. The molecule has 0 aliphatic carbocycles. The second kappa shape index (κ2) is 8.16. The van der Waals surface area contributed by atoms with Crippen LogP contribution in [0.5, 0.6) is 5.75 Å². The number of carboxylic acid groups (broad SMARTS) is 1. The highest BCUT2D eigenvalue weighted by molar-refractivity contribution is 7.17. The lowest BCUT2D eigenvalue weighted by atomic mass is 10.1. The molecule has 1 amide bonds. The van der Waals surface area contributed by atoms with Crippen molar-refractivity contribution < 1.29 is 19.4 Å². The lowest BCUT2D eigenvalue weighted by molar-refractivity contribution is -0.116. The largest absolute Gasteiger partial charge is 0.497 e. The SMILES string of the molecule is COc1ccc(CCC(=O)Nc2scc(-c3cccs3)c2C(=O)O)cc1. The van der Waals surface area contributed by atoms with Crippen molar-refractivity contribution in [2.75, 3.05) is 12.4 Å². The van der Waals surface area contributed by atoms with Crippen LogP contribution in [0.25, 0.3) is 10.4 Å². The van der Waals surface area contributed by atoms with Crippen molar-refractivity contribution in [2.24, 2.45) is 0 Å². The first-order valence-corrected chi connectivity index (χ1v) is 9.66. The molecule has 0 aliphatic heterocycles. The van der Waals surface area contributed by atoms with E-state index in [1.54, 1.807) is 12.5 Å². The van der Waals surface area contributed by atoms with E-state index < -0.39 is 5.97 Å². The fourth-order valence-corrected chi connectivity index (χ4v) is 4.31. The molecule has 0 saturated carbocycles. The van der Waals surface area contributed by atoms with E-state index in [1.807, 2.05) is 41.8 Å². The molecule has 0 atom stereocenters. The predicted molar refractivity (Wildman–Crippen MR) is 105 cm³/mol. The topological polar surface area (TPSA) is 75.6 Å². The highest BCUT2D eigenvalue weighted by Crippen LogP contribution is 2.37. The van der Waals surface area contributed by atoms with Gasteiger partial charge in [0.25, 0.3) is 0 Å². The normalized spacial score (nSPS) is 10.5. The summed E-state index contributed by atoms with van der Waals surface area (Å²) in [6.07, 6.45) is 0.846. The number of carbonyl (C=O) groups excluding carboxylic acids is 1. The number of thiophene rings is 2. The molecule has 5 nitrogen and oxygen atoms in total. The van der Waals surface area contributed by atoms with Crippen molar-refractivity contribution in [3.8, 4) is 16.2 Å². The van der Waals surface area contributed by atoms with Gasteiger partial charge in [0.2, 0.25) is 5.91 Å². The van der Waals surface area contributed by atoms with Gasteiger partial charge in [-0.1, -0.05) is 18.2 Å². The van der Waals surface area contributed by atoms with E-state index in [9.17, 15) is 14.7 Å². The third kappa shape index (κ3) is 4.12. The molecule has 0 fully saturated rings. The minimum absolute atomic E-state index is 0.148. The molecule has 0 unspecified atom stereocenters. The summed E-state index contributed by atoms with van der Waals surface area (Å²) in [5, 5.41) is 16.3. The summed E-state index contributed by atoms with van der Waals surface area (Å²) in [7, 11) is 1.61. The summed E-state index contributed by atoms with van der Waals surface area (Å²) in [6.45, 7) is 0. The molecule has 0 saturated heterocycles. The Kier molecular flexibility index (Phi) is 5.70. The van der Waals surface area contributed by atoms with Gasteiger partial charge in [-0.25, -0.2) is 4.79 Å². The molecule has 2 aromatic heterocycles. The molecule has 1 aromatic carbocycles. The van der Waals surface area contributed by atoms with Crippen LogP contribution in [0.2, 0.25) is 0 Å². The molecule has 134 valence electrons. The third-order valence-electron chi connectivity index (χ3n) is 3.84. The standard InChI is InChI=1S/C19H17NO4S2/c1-24-13-7-4-12(5-8-13)6-9-16(21)20-18-17(19(22)23)14(11-26-18)15-3-2-10-25-15/h2-5,7-8,10-11H,6,9H2,1H3,(H,20,21)(H,22,23). The monoisotopic (exact) mass is 387 g/mol.